The quantitative estimate of drug-likeness (QED) is 0.887. The van der Waals surface area contributed by atoms with Crippen molar-refractivity contribution >= 4 is 15.9 Å². The van der Waals surface area contributed by atoms with Crippen LogP contribution in [0.15, 0.2) is 28.7 Å². The van der Waals surface area contributed by atoms with Crippen LogP contribution in [0.1, 0.15) is 38.7 Å². The Morgan fingerprint density at radius 2 is 2.15 bits per heavy atom. The summed E-state index contributed by atoms with van der Waals surface area (Å²) < 4.78 is 1.06. The average Bonchev–Trinajstić information content (AvgIpc) is 2.85. The second-order valence-electron chi connectivity index (χ2n) is 6.74. The Kier molecular flexibility index (Phi) is 3.95. The van der Waals surface area contributed by atoms with Crippen molar-refractivity contribution in [2.24, 2.45) is 11.8 Å². The molecule has 1 saturated heterocycles. The molecule has 0 radical (unpaired) electrons. The largest absolute Gasteiger partial charge is 0.385 e. The zero-order valence-corrected chi connectivity index (χ0v) is 13.9. The van der Waals surface area contributed by atoms with Gasteiger partial charge in [-0.1, -0.05) is 28.1 Å². The number of halogens is 1. The number of hydrogen-bond acceptors (Lipinski definition) is 2. The summed E-state index contributed by atoms with van der Waals surface area (Å²) in [5, 5.41) is 11.4. The molecule has 0 spiro atoms. The van der Waals surface area contributed by atoms with Crippen LogP contribution in [0.4, 0.5) is 0 Å². The summed E-state index contributed by atoms with van der Waals surface area (Å²) in [5.74, 6) is 1.03. The number of hydrogen-bond donors (Lipinski definition) is 1. The predicted octanol–water partition coefficient (Wildman–Crippen LogP) is 3.78. The third kappa shape index (κ3) is 2.44. The third-order valence-electron chi connectivity index (χ3n) is 5.27. The van der Waals surface area contributed by atoms with Crippen LogP contribution in [0.5, 0.6) is 0 Å². The molecule has 2 fully saturated rings. The molecule has 1 heterocycles. The highest BCUT2D eigenvalue weighted by Gasteiger charge is 2.49. The monoisotopic (exact) mass is 337 g/mol. The maximum absolute atomic E-state index is 11.4. The first-order chi connectivity index (χ1) is 9.50. The molecule has 3 atom stereocenters. The van der Waals surface area contributed by atoms with Gasteiger partial charge in [-0.2, -0.15) is 0 Å². The molecule has 0 unspecified atom stereocenters. The van der Waals surface area contributed by atoms with Gasteiger partial charge in [0, 0.05) is 29.5 Å². The predicted molar refractivity (Wildman–Crippen MR) is 85.6 cm³/mol. The summed E-state index contributed by atoms with van der Waals surface area (Å²) in [4.78, 5) is 2.53. The van der Waals surface area contributed by atoms with Gasteiger partial charge in [0.2, 0.25) is 0 Å². The van der Waals surface area contributed by atoms with Crippen molar-refractivity contribution in [1.29, 1.82) is 0 Å². The van der Waals surface area contributed by atoms with Crippen molar-refractivity contribution in [3.63, 3.8) is 0 Å². The first-order valence-electron chi connectivity index (χ1n) is 7.73. The summed E-state index contributed by atoms with van der Waals surface area (Å²) in [7, 11) is 0. The lowest BCUT2D eigenvalue weighted by molar-refractivity contribution is -0.0650. The first-order valence-corrected chi connectivity index (χ1v) is 8.52. The molecule has 2 nitrogen and oxygen atoms in total. The van der Waals surface area contributed by atoms with Crippen LogP contribution in [0.25, 0.3) is 0 Å². The molecule has 1 aliphatic carbocycles. The van der Waals surface area contributed by atoms with Gasteiger partial charge in [-0.15, -0.1) is 0 Å². The SMILES string of the molecule is CC(C)N1C[C@H]2CCC[C@](O)(c3cccc(Br)c3)[C@@H]2C1. The van der Waals surface area contributed by atoms with Crippen molar-refractivity contribution in [1.82, 2.24) is 4.90 Å². The fraction of sp³-hybridized carbons (Fsp3) is 0.647. The minimum atomic E-state index is -0.643. The van der Waals surface area contributed by atoms with Crippen LogP contribution >= 0.6 is 15.9 Å². The molecule has 110 valence electrons. The molecule has 20 heavy (non-hydrogen) atoms. The van der Waals surface area contributed by atoms with Crippen LogP contribution in [0, 0.1) is 11.8 Å². The second kappa shape index (κ2) is 5.43. The van der Waals surface area contributed by atoms with E-state index >= 15 is 0 Å². The minimum Gasteiger partial charge on any atom is -0.385 e. The summed E-state index contributed by atoms with van der Waals surface area (Å²) in [6.45, 7) is 6.70. The highest BCUT2D eigenvalue weighted by atomic mass is 79.9. The van der Waals surface area contributed by atoms with Crippen LogP contribution in [-0.2, 0) is 5.60 Å². The van der Waals surface area contributed by atoms with Crippen LogP contribution in [0.2, 0.25) is 0 Å². The molecule has 0 bridgehead atoms. The average molecular weight is 338 g/mol. The van der Waals surface area contributed by atoms with Gasteiger partial charge in [0.15, 0.2) is 0 Å². The lowest BCUT2D eigenvalue weighted by Crippen LogP contribution is -2.43. The fourth-order valence-corrected chi connectivity index (χ4v) is 4.49. The fourth-order valence-electron chi connectivity index (χ4n) is 4.10. The Labute approximate surface area is 130 Å². The highest BCUT2D eigenvalue weighted by Crippen LogP contribution is 2.48. The standard InChI is InChI=1S/C17H24BrNO/c1-12(2)19-10-13-5-4-8-17(20,16(13)11-19)14-6-3-7-15(18)9-14/h3,6-7,9,12-13,16,20H,4-5,8,10-11H2,1-2H3/t13-,16-,17+/m1/s1. The van der Waals surface area contributed by atoms with Crippen LogP contribution < -0.4 is 0 Å². The van der Waals surface area contributed by atoms with E-state index in [1.54, 1.807) is 0 Å². The summed E-state index contributed by atoms with van der Waals surface area (Å²) in [6.07, 6.45) is 3.30. The molecule has 1 aliphatic heterocycles. The number of fused-ring (bicyclic) bond motifs is 1. The zero-order chi connectivity index (χ0) is 14.3. The Morgan fingerprint density at radius 1 is 1.35 bits per heavy atom. The normalized spacial score (nSPS) is 34.5. The number of nitrogens with zero attached hydrogens (tertiary/aromatic N) is 1. The Bertz CT molecular complexity index is 490. The van der Waals surface area contributed by atoms with Gasteiger partial charge in [0.25, 0.3) is 0 Å². The van der Waals surface area contributed by atoms with Gasteiger partial charge in [0.1, 0.15) is 0 Å². The number of aliphatic hydroxyl groups is 1. The van der Waals surface area contributed by atoms with Gasteiger partial charge in [-0.3, -0.25) is 0 Å². The maximum atomic E-state index is 11.4. The maximum Gasteiger partial charge on any atom is 0.0940 e. The highest BCUT2D eigenvalue weighted by molar-refractivity contribution is 9.10. The number of rotatable bonds is 2. The second-order valence-corrected chi connectivity index (χ2v) is 7.66. The molecule has 1 aromatic carbocycles. The smallest absolute Gasteiger partial charge is 0.0940 e. The Balaban J connectivity index is 1.92. The Hall–Kier alpha value is -0.380. The molecule has 2 aliphatic rings. The van der Waals surface area contributed by atoms with Crippen molar-refractivity contribution in [3.05, 3.63) is 34.3 Å². The van der Waals surface area contributed by atoms with Crippen LogP contribution in [-0.4, -0.2) is 29.1 Å². The summed E-state index contributed by atoms with van der Waals surface area (Å²) in [6, 6.07) is 8.83. The van der Waals surface area contributed by atoms with Gasteiger partial charge in [0.05, 0.1) is 5.60 Å². The number of likely N-dealkylation sites (tertiary alicyclic amines) is 1. The molecule has 1 saturated carbocycles. The molecule has 0 aromatic heterocycles. The van der Waals surface area contributed by atoms with E-state index in [1.807, 2.05) is 12.1 Å². The van der Waals surface area contributed by atoms with E-state index < -0.39 is 5.60 Å². The molecular weight excluding hydrogens is 314 g/mol. The van der Waals surface area contributed by atoms with Crippen molar-refractivity contribution in [3.8, 4) is 0 Å². The van der Waals surface area contributed by atoms with Crippen LogP contribution in [0.3, 0.4) is 0 Å². The molecule has 1 N–H and O–H groups in total. The molecule has 0 amide bonds. The Morgan fingerprint density at radius 3 is 2.85 bits per heavy atom. The van der Waals surface area contributed by atoms with Crippen molar-refractivity contribution in [2.45, 2.75) is 44.8 Å². The number of benzene rings is 1. The zero-order valence-electron chi connectivity index (χ0n) is 12.3. The topological polar surface area (TPSA) is 23.5 Å². The van der Waals surface area contributed by atoms with E-state index in [-0.39, 0.29) is 0 Å². The first kappa shape index (κ1) is 14.6. The molecular formula is C17H24BrNO. The van der Waals surface area contributed by atoms with Crippen molar-refractivity contribution in [2.75, 3.05) is 13.1 Å². The van der Waals surface area contributed by atoms with E-state index in [1.165, 1.54) is 6.42 Å². The van der Waals surface area contributed by atoms with E-state index in [2.05, 4.69) is 46.8 Å². The van der Waals surface area contributed by atoms with E-state index in [0.29, 0.717) is 17.9 Å². The van der Waals surface area contributed by atoms with Gasteiger partial charge in [-0.25, -0.2) is 0 Å². The third-order valence-corrected chi connectivity index (χ3v) is 5.76. The minimum absolute atomic E-state index is 0.382. The lowest BCUT2D eigenvalue weighted by Gasteiger charge is -2.41. The molecule has 1 aromatic rings. The van der Waals surface area contributed by atoms with Gasteiger partial charge < -0.3 is 10.0 Å². The lowest BCUT2D eigenvalue weighted by atomic mass is 9.67. The van der Waals surface area contributed by atoms with E-state index in [9.17, 15) is 5.11 Å². The van der Waals surface area contributed by atoms with Crippen molar-refractivity contribution < 1.29 is 5.11 Å². The molecule has 3 heteroatoms. The summed E-state index contributed by atoms with van der Waals surface area (Å²) in [5.41, 5.74) is 0.447. The van der Waals surface area contributed by atoms with Gasteiger partial charge >= 0.3 is 0 Å². The van der Waals surface area contributed by atoms with E-state index in [4.69, 9.17) is 0 Å². The van der Waals surface area contributed by atoms with E-state index in [0.717, 1.165) is 36.0 Å². The summed E-state index contributed by atoms with van der Waals surface area (Å²) >= 11 is 3.54. The molecule has 3 rings (SSSR count). The van der Waals surface area contributed by atoms with Gasteiger partial charge in [-0.05, 0) is 56.7 Å².